The number of aromatic hydroxyl groups is 1. The first-order valence-electron chi connectivity index (χ1n) is 9.27. The molecule has 150 valence electrons. The van der Waals surface area contributed by atoms with E-state index in [1.165, 1.54) is 0 Å². The van der Waals surface area contributed by atoms with Gasteiger partial charge in [0.05, 0.1) is 6.20 Å². The molecular formula is C19H23F2N5O2. The number of phenolic OH excluding ortho intramolecular Hbond substituents is 1. The SMILES string of the molecule is CCCN1C(=O)[C@@H](C)N(CCC)c2nc(Nc3cc(F)c(O)c(F)c3)ncc21. The Balaban J connectivity index is 2.00. The lowest BCUT2D eigenvalue weighted by Crippen LogP contribution is -2.53. The molecule has 9 heteroatoms. The van der Waals surface area contributed by atoms with E-state index in [0.29, 0.717) is 24.6 Å². The third kappa shape index (κ3) is 3.56. The van der Waals surface area contributed by atoms with E-state index in [0.717, 1.165) is 25.0 Å². The molecule has 2 aromatic rings. The lowest BCUT2D eigenvalue weighted by molar-refractivity contribution is -0.119. The van der Waals surface area contributed by atoms with Crippen LogP contribution >= 0.6 is 0 Å². The van der Waals surface area contributed by atoms with E-state index in [9.17, 15) is 18.7 Å². The number of hydrogen-bond donors (Lipinski definition) is 2. The van der Waals surface area contributed by atoms with Crippen molar-refractivity contribution in [2.45, 2.75) is 39.7 Å². The highest BCUT2D eigenvalue weighted by Gasteiger charge is 2.36. The molecule has 0 bridgehead atoms. The quantitative estimate of drug-likeness (QED) is 0.733. The minimum Gasteiger partial charge on any atom is -0.503 e. The highest BCUT2D eigenvalue weighted by atomic mass is 19.1. The van der Waals surface area contributed by atoms with Gasteiger partial charge in [-0.05, 0) is 19.8 Å². The van der Waals surface area contributed by atoms with Crippen molar-refractivity contribution in [3.63, 3.8) is 0 Å². The van der Waals surface area contributed by atoms with Gasteiger partial charge in [-0.15, -0.1) is 0 Å². The van der Waals surface area contributed by atoms with Crippen LogP contribution in [-0.2, 0) is 4.79 Å². The monoisotopic (exact) mass is 391 g/mol. The highest BCUT2D eigenvalue weighted by Crippen LogP contribution is 2.35. The van der Waals surface area contributed by atoms with Crippen LogP contribution in [0.25, 0.3) is 0 Å². The van der Waals surface area contributed by atoms with Crippen LogP contribution in [0.2, 0.25) is 0 Å². The lowest BCUT2D eigenvalue weighted by atomic mass is 10.1. The summed E-state index contributed by atoms with van der Waals surface area (Å²) < 4.78 is 27.2. The van der Waals surface area contributed by atoms with Crippen molar-refractivity contribution >= 4 is 29.0 Å². The molecule has 7 nitrogen and oxygen atoms in total. The molecule has 1 atom stereocenters. The molecule has 1 amide bonds. The maximum Gasteiger partial charge on any atom is 0.249 e. The Bertz CT molecular complexity index is 870. The number of phenols is 1. The van der Waals surface area contributed by atoms with Gasteiger partial charge in [0, 0.05) is 30.9 Å². The first kappa shape index (κ1) is 19.8. The largest absolute Gasteiger partial charge is 0.503 e. The van der Waals surface area contributed by atoms with Crippen molar-refractivity contribution < 1.29 is 18.7 Å². The molecule has 2 N–H and O–H groups in total. The Hall–Kier alpha value is -2.97. The molecule has 0 saturated carbocycles. The molecule has 1 aromatic carbocycles. The zero-order valence-corrected chi connectivity index (χ0v) is 16.0. The number of hydrogen-bond acceptors (Lipinski definition) is 6. The van der Waals surface area contributed by atoms with Crippen LogP contribution in [0.1, 0.15) is 33.6 Å². The van der Waals surface area contributed by atoms with Gasteiger partial charge in [-0.2, -0.15) is 4.98 Å². The third-order valence-corrected chi connectivity index (χ3v) is 4.59. The second kappa shape index (κ2) is 7.95. The Morgan fingerprint density at radius 1 is 1.18 bits per heavy atom. The summed E-state index contributed by atoms with van der Waals surface area (Å²) in [5, 5.41) is 12.0. The van der Waals surface area contributed by atoms with Crippen LogP contribution < -0.4 is 15.1 Å². The van der Waals surface area contributed by atoms with Crippen molar-refractivity contribution in [3.8, 4) is 5.75 Å². The van der Waals surface area contributed by atoms with Gasteiger partial charge in [0.15, 0.2) is 23.2 Å². The minimum absolute atomic E-state index is 0.00483. The number of aromatic nitrogens is 2. The van der Waals surface area contributed by atoms with Crippen molar-refractivity contribution in [1.29, 1.82) is 0 Å². The highest BCUT2D eigenvalue weighted by molar-refractivity contribution is 6.04. The van der Waals surface area contributed by atoms with E-state index in [-0.39, 0.29) is 23.6 Å². The van der Waals surface area contributed by atoms with E-state index >= 15 is 0 Å². The van der Waals surface area contributed by atoms with Crippen LogP contribution in [0.3, 0.4) is 0 Å². The summed E-state index contributed by atoms with van der Waals surface area (Å²) in [6.07, 6.45) is 3.16. The topological polar surface area (TPSA) is 81.6 Å². The number of nitrogens with one attached hydrogen (secondary N) is 1. The fourth-order valence-electron chi connectivity index (χ4n) is 3.25. The molecule has 0 fully saturated rings. The molecule has 0 unspecified atom stereocenters. The van der Waals surface area contributed by atoms with Gasteiger partial charge in [-0.3, -0.25) is 4.79 Å². The number of fused-ring (bicyclic) bond motifs is 1. The number of carbonyl (C=O) groups is 1. The minimum atomic E-state index is -1.08. The zero-order chi connectivity index (χ0) is 20.4. The Kier molecular flexibility index (Phi) is 5.62. The number of benzene rings is 1. The Labute approximate surface area is 162 Å². The molecule has 0 saturated heterocycles. The van der Waals surface area contributed by atoms with E-state index in [4.69, 9.17) is 0 Å². The maximum atomic E-state index is 13.6. The van der Waals surface area contributed by atoms with E-state index in [1.54, 1.807) is 11.1 Å². The van der Waals surface area contributed by atoms with Crippen molar-refractivity contribution in [2.75, 3.05) is 28.2 Å². The van der Waals surface area contributed by atoms with Crippen molar-refractivity contribution in [2.24, 2.45) is 0 Å². The second-order valence-corrected chi connectivity index (χ2v) is 6.68. The van der Waals surface area contributed by atoms with Crippen molar-refractivity contribution in [1.82, 2.24) is 9.97 Å². The summed E-state index contributed by atoms with van der Waals surface area (Å²) in [5.41, 5.74) is 0.687. The summed E-state index contributed by atoms with van der Waals surface area (Å²) in [6, 6.07) is 1.55. The van der Waals surface area contributed by atoms with Crippen LogP contribution in [-0.4, -0.2) is 40.1 Å². The molecule has 2 heterocycles. The van der Waals surface area contributed by atoms with Gasteiger partial charge in [0.25, 0.3) is 0 Å². The van der Waals surface area contributed by atoms with Gasteiger partial charge in [-0.1, -0.05) is 13.8 Å². The van der Waals surface area contributed by atoms with Crippen molar-refractivity contribution in [3.05, 3.63) is 30.0 Å². The van der Waals surface area contributed by atoms with Gasteiger partial charge in [-0.25, -0.2) is 13.8 Å². The molecule has 1 aromatic heterocycles. The first-order valence-corrected chi connectivity index (χ1v) is 9.27. The van der Waals surface area contributed by atoms with Gasteiger partial charge >= 0.3 is 0 Å². The Morgan fingerprint density at radius 2 is 1.82 bits per heavy atom. The number of carbonyl (C=O) groups excluding carboxylic acids is 1. The smallest absolute Gasteiger partial charge is 0.249 e. The fraction of sp³-hybridized carbons (Fsp3) is 0.421. The van der Waals surface area contributed by atoms with Gasteiger partial charge < -0.3 is 20.2 Å². The van der Waals surface area contributed by atoms with Crippen LogP contribution in [0.4, 0.5) is 31.9 Å². The van der Waals surface area contributed by atoms with E-state index < -0.39 is 17.4 Å². The predicted octanol–water partition coefficient (Wildman–Crippen LogP) is 3.57. The van der Waals surface area contributed by atoms with Gasteiger partial charge in [0.2, 0.25) is 11.9 Å². The van der Waals surface area contributed by atoms with E-state index in [2.05, 4.69) is 15.3 Å². The summed E-state index contributed by atoms with van der Waals surface area (Å²) in [4.78, 5) is 25.1. The van der Waals surface area contributed by atoms with Crippen LogP contribution in [0.5, 0.6) is 5.75 Å². The number of rotatable bonds is 6. The summed E-state index contributed by atoms with van der Waals surface area (Å²) in [5.74, 6) is -2.46. The zero-order valence-electron chi connectivity index (χ0n) is 16.0. The van der Waals surface area contributed by atoms with Crippen LogP contribution in [0.15, 0.2) is 18.3 Å². The number of halogens is 2. The molecule has 3 rings (SSSR count). The summed E-state index contributed by atoms with van der Waals surface area (Å²) in [6.45, 7) is 7.03. The number of amides is 1. The molecule has 0 aliphatic carbocycles. The molecule has 28 heavy (non-hydrogen) atoms. The average molecular weight is 391 g/mol. The molecule has 0 spiro atoms. The Morgan fingerprint density at radius 3 is 2.43 bits per heavy atom. The molecule has 1 aliphatic rings. The van der Waals surface area contributed by atoms with Gasteiger partial charge in [0.1, 0.15) is 11.7 Å². The average Bonchev–Trinajstić information content (AvgIpc) is 2.66. The number of nitrogens with zero attached hydrogens (tertiary/aromatic N) is 4. The molecule has 0 radical (unpaired) electrons. The molecule has 1 aliphatic heterocycles. The molecular weight excluding hydrogens is 368 g/mol. The standard InChI is InChI=1S/C19H23F2N5O2/c1-4-6-25-11(3)18(28)26(7-5-2)15-10-22-19(24-17(15)25)23-12-8-13(20)16(27)14(21)9-12/h8-11,27H,4-7H2,1-3H3,(H,22,23,24)/t11-/m1/s1. The predicted molar refractivity (Wildman–Crippen MR) is 103 cm³/mol. The second-order valence-electron chi connectivity index (χ2n) is 6.68. The lowest BCUT2D eigenvalue weighted by Gasteiger charge is -2.40. The number of anilines is 4. The normalized spacial score (nSPS) is 16.3. The van der Waals surface area contributed by atoms with E-state index in [1.807, 2.05) is 25.7 Å². The third-order valence-electron chi connectivity index (χ3n) is 4.59. The maximum absolute atomic E-state index is 13.6. The summed E-state index contributed by atoms with van der Waals surface area (Å²) >= 11 is 0. The first-order chi connectivity index (χ1) is 13.4. The fourth-order valence-corrected chi connectivity index (χ4v) is 3.25. The van der Waals surface area contributed by atoms with Crippen LogP contribution in [0, 0.1) is 11.6 Å². The summed E-state index contributed by atoms with van der Waals surface area (Å²) in [7, 11) is 0.